The van der Waals surface area contributed by atoms with E-state index >= 15 is 0 Å². The van der Waals surface area contributed by atoms with Gasteiger partial charge < -0.3 is 20.3 Å². The Kier molecular flexibility index (Phi) is 7.58. The van der Waals surface area contributed by atoms with Crippen LogP contribution in [0.5, 0.6) is 0 Å². The molecule has 9 heteroatoms. The first-order valence-corrected chi connectivity index (χ1v) is 10.4. The lowest BCUT2D eigenvalue weighted by Crippen LogP contribution is -2.48. The first kappa shape index (κ1) is 22.4. The first-order chi connectivity index (χ1) is 14.4. The van der Waals surface area contributed by atoms with Crippen LogP contribution in [0, 0.1) is 5.92 Å². The third-order valence-electron chi connectivity index (χ3n) is 5.58. The van der Waals surface area contributed by atoms with Gasteiger partial charge in [-0.15, -0.1) is 0 Å². The van der Waals surface area contributed by atoms with Gasteiger partial charge in [-0.25, -0.2) is 0 Å². The lowest BCUT2D eigenvalue weighted by atomic mass is 9.85. The van der Waals surface area contributed by atoms with Crippen LogP contribution in [0.1, 0.15) is 42.9 Å². The SMILES string of the molecule is CN=C(NCCCNC(=O)C1CCC1)N1CCOC(c2cccc(C(F)(F)F)c2)C1. The molecule has 1 saturated heterocycles. The molecule has 1 aromatic rings. The van der Waals surface area contributed by atoms with E-state index in [0.29, 0.717) is 44.3 Å². The number of morpholine rings is 1. The quantitative estimate of drug-likeness (QED) is 0.417. The Bertz CT molecular complexity index is 750. The van der Waals surface area contributed by atoms with Gasteiger partial charge in [-0.3, -0.25) is 9.79 Å². The minimum Gasteiger partial charge on any atom is -0.370 e. The fourth-order valence-electron chi connectivity index (χ4n) is 3.61. The fourth-order valence-corrected chi connectivity index (χ4v) is 3.61. The van der Waals surface area contributed by atoms with Crippen LogP contribution in [0.15, 0.2) is 29.3 Å². The second kappa shape index (κ2) is 10.1. The predicted molar refractivity (Wildman–Crippen MR) is 108 cm³/mol. The molecule has 0 spiro atoms. The highest BCUT2D eigenvalue weighted by molar-refractivity contribution is 5.80. The lowest BCUT2D eigenvalue weighted by Gasteiger charge is -2.35. The number of rotatable bonds is 6. The normalized spacial score (nSPS) is 20.6. The van der Waals surface area contributed by atoms with E-state index in [2.05, 4.69) is 15.6 Å². The molecule has 1 aromatic carbocycles. The number of hydrogen-bond acceptors (Lipinski definition) is 3. The van der Waals surface area contributed by atoms with Crippen LogP contribution in [0.2, 0.25) is 0 Å². The second-order valence-electron chi connectivity index (χ2n) is 7.68. The van der Waals surface area contributed by atoms with Crippen molar-refractivity contribution in [2.75, 3.05) is 39.8 Å². The maximum atomic E-state index is 13.0. The second-order valence-corrected chi connectivity index (χ2v) is 7.68. The monoisotopic (exact) mass is 426 g/mol. The summed E-state index contributed by atoms with van der Waals surface area (Å²) in [5.41, 5.74) is -0.170. The van der Waals surface area contributed by atoms with Crippen molar-refractivity contribution in [1.82, 2.24) is 15.5 Å². The molecule has 2 N–H and O–H groups in total. The van der Waals surface area contributed by atoms with Crippen molar-refractivity contribution in [2.45, 2.75) is 38.0 Å². The Morgan fingerprint density at radius 3 is 2.70 bits per heavy atom. The van der Waals surface area contributed by atoms with E-state index in [4.69, 9.17) is 4.74 Å². The number of halogens is 3. The zero-order valence-corrected chi connectivity index (χ0v) is 17.2. The molecule has 0 radical (unpaired) electrons. The van der Waals surface area contributed by atoms with Gasteiger partial charge in [0.2, 0.25) is 5.91 Å². The molecule has 6 nitrogen and oxygen atoms in total. The molecule has 0 bridgehead atoms. The number of amides is 1. The number of hydrogen-bond donors (Lipinski definition) is 2. The van der Waals surface area contributed by atoms with Gasteiger partial charge in [0.1, 0.15) is 6.10 Å². The topological polar surface area (TPSA) is 66.0 Å². The molecule has 166 valence electrons. The number of ether oxygens (including phenoxy) is 1. The fraction of sp³-hybridized carbons (Fsp3) is 0.619. The summed E-state index contributed by atoms with van der Waals surface area (Å²) in [5, 5.41) is 6.22. The van der Waals surface area contributed by atoms with E-state index in [1.807, 2.05) is 4.90 Å². The van der Waals surface area contributed by atoms with E-state index < -0.39 is 17.8 Å². The molecule has 1 unspecified atom stereocenters. The van der Waals surface area contributed by atoms with E-state index in [0.717, 1.165) is 37.8 Å². The molecular formula is C21H29F3N4O2. The predicted octanol–water partition coefficient (Wildman–Crippen LogP) is 2.96. The summed E-state index contributed by atoms with van der Waals surface area (Å²) in [6.45, 7) is 2.67. The Morgan fingerprint density at radius 1 is 1.27 bits per heavy atom. The van der Waals surface area contributed by atoms with Crippen LogP contribution in [0.3, 0.4) is 0 Å². The molecule has 1 aliphatic heterocycles. The summed E-state index contributed by atoms with van der Waals surface area (Å²) in [6.07, 6.45) is -0.964. The minimum absolute atomic E-state index is 0.141. The lowest BCUT2D eigenvalue weighted by molar-refractivity contribution is -0.137. The summed E-state index contributed by atoms with van der Waals surface area (Å²) >= 11 is 0. The van der Waals surface area contributed by atoms with Crippen LogP contribution in [0.25, 0.3) is 0 Å². The number of benzene rings is 1. The van der Waals surface area contributed by atoms with Gasteiger partial charge in [0.25, 0.3) is 0 Å². The molecular weight excluding hydrogens is 397 g/mol. The number of nitrogens with one attached hydrogen (secondary N) is 2. The minimum atomic E-state index is -4.38. The number of carbonyl (C=O) groups excluding carboxylic acids is 1. The van der Waals surface area contributed by atoms with Crippen LogP contribution in [-0.4, -0.2) is 56.6 Å². The smallest absolute Gasteiger partial charge is 0.370 e. The molecule has 1 aliphatic carbocycles. The number of alkyl halides is 3. The molecule has 3 rings (SSSR count). The molecule has 1 saturated carbocycles. The number of aliphatic imine (C=N–C) groups is 1. The molecule has 2 aliphatic rings. The van der Waals surface area contributed by atoms with Gasteiger partial charge in [-0.2, -0.15) is 13.2 Å². The van der Waals surface area contributed by atoms with Gasteiger partial charge in [0.15, 0.2) is 5.96 Å². The Morgan fingerprint density at radius 2 is 2.03 bits per heavy atom. The number of guanidine groups is 1. The van der Waals surface area contributed by atoms with Gasteiger partial charge in [0, 0.05) is 32.6 Å². The van der Waals surface area contributed by atoms with E-state index in [-0.39, 0.29) is 11.8 Å². The van der Waals surface area contributed by atoms with Gasteiger partial charge >= 0.3 is 6.18 Å². The van der Waals surface area contributed by atoms with Crippen LogP contribution in [0.4, 0.5) is 13.2 Å². The molecule has 2 fully saturated rings. The van der Waals surface area contributed by atoms with E-state index in [1.165, 1.54) is 6.07 Å². The average molecular weight is 426 g/mol. The highest BCUT2D eigenvalue weighted by Gasteiger charge is 2.32. The zero-order chi connectivity index (χ0) is 21.6. The number of carbonyl (C=O) groups is 1. The maximum Gasteiger partial charge on any atom is 0.416 e. The van der Waals surface area contributed by atoms with Crippen molar-refractivity contribution in [3.63, 3.8) is 0 Å². The Labute approximate surface area is 174 Å². The molecule has 1 heterocycles. The van der Waals surface area contributed by atoms with Crippen molar-refractivity contribution in [2.24, 2.45) is 10.9 Å². The van der Waals surface area contributed by atoms with E-state index in [1.54, 1.807) is 13.1 Å². The summed E-state index contributed by atoms with van der Waals surface area (Å²) in [7, 11) is 1.68. The summed E-state index contributed by atoms with van der Waals surface area (Å²) < 4.78 is 44.7. The highest BCUT2D eigenvalue weighted by atomic mass is 19.4. The third kappa shape index (κ3) is 5.87. The summed E-state index contributed by atoms with van der Waals surface area (Å²) in [6, 6.07) is 5.28. The first-order valence-electron chi connectivity index (χ1n) is 10.4. The van der Waals surface area contributed by atoms with E-state index in [9.17, 15) is 18.0 Å². The largest absolute Gasteiger partial charge is 0.416 e. The Hall–Kier alpha value is -2.29. The van der Waals surface area contributed by atoms with Crippen molar-refractivity contribution >= 4 is 11.9 Å². The van der Waals surface area contributed by atoms with Gasteiger partial charge in [-0.1, -0.05) is 18.6 Å². The molecule has 30 heavy (non-hydrogen) atoms. The maximum absolute atomic E-state index is 13.0. The molecule has 1 amide bonds. The third-order valence-corrected chi connectivity index (χ3v) is 5.58. The zero-order valence-electron chi connectivity index (χ0n) is 17.2. The van der Waals surface area contributed by atoms with Crippen molar-refractivity contribution in [3.05, 3.63) is 35.4 Å². The van der Waals surface area contributed by atoms with Crippen molar-refractivity contribution in [3.8, 4) is 0 Å². The highest BCUT2D eigenvalue weighted by Crippen LogP contribution is 2.32. The van der Waals surface area contributed by atoms with Crippen molar-refractivity contribution < 1.29 is 22.7 Å². The standard InChI is InChI=1S/C21H29F3N4O2/c1-25-20(27-10-4-9-26-19(29)15-5-2-6-15)28-11-12-30-18(14-28)16-7-3-8-17(13-16)21(22,23)24/h3,7-8,13,15,18H,2,4-6,9-12,14H2,1H3,(H,25,27)(H,26,29). The van der Waals surface area contributed by atoms with Crippen LogP contribution >= 0.6 is 0 Å². The summed E-state index contributed by atoms with van der Waals surface area (Å²) in [4.78, 5) is 18.1. The van der Waals surface area contributed by atoms with Crippen LogP contribution < -0.4 is 10.6 Å². The average Bonchev–Trinajstić information content (AvgIpc) is 2.69. The Balaban J connectivity index is 1.48. The van der Waals surface area contributed by atoms with Gasteiger partial charge in [-0.05, 0) is 37.0 Å². The van der Waals surface area contributed by atoms with Gasteiger partial charge in [0.05, 0.1) is 18.7 Å². The van der Waals surface area contributed by atoms with Crippen LogP contribution in [-0.2, 0) is 15.7 Å². The summed E-state index contributed by atoms with van der Waals surface area (Å²) in [5.74, 6) is 1.01. The van der Waals surface area contributed by atoms with Crippen molar-refractivity contribution in [1.29, 1.82) is 0 Å². The molecule has 0 aromatic heterocycles. The number of nitrogens with zero attached hydrogens (tertiary/aromatic N) is 2. The molecule has 1 atom stereocenters.